The topological polar surface area (TPSA) is 24.3 Å². The van der Waals surface area contributed by atoms with Gasteiger partial charge in [-0.15, -0.1) is 0 Å². The standard InChI is InChI=1S/C23H31FN4/c1-4-28-16(3)20(15(2)25-28)13-27-14-21(17-5-7-19(24)8-6-17)23-22(27)18-9-11-26(23)12-10-18/h5-8,18,21-23H,4,9-14H2,1-3H3/t21-,22+,23+/m1/s1. The van der Waals surface area contributed by atoms with Gasteiger partial charge in [-0.2, -0.15) is 5.10 Å². The molecular weight excluding hydrogens is 351 g/mol. The predicted molar refractivity (Wildman–Crippen MR) is 109 cm³/mol. The van der Waals surface area contributed by atoms with Crippen molar-refractivity contribution in [3.05, 3.63) is 52.6 Å². The lowest BCUT2D eigenvalue weighted by Crippen LogP contribution is -2.60. The lowest BCUT2D eigenvalue weighted by atomic mass is 9.75. The molecule has 2 bridgehead atoms. The Bertz CT molecular complexity index is 850. The molecule has 2 aromatic rings. The second-order valence-corrected chi connectivity index (χ2v) is 8.91. The molecule has 4 nitrogen and oxygen atoms in total. The Hall–Kier alpha value is -1.72. The number of benzene rings is 1. The molecule has 3 atom stereocenters. The first-order valence-electron chi connectivity index (χ1n) is 10.8. The first kappa shape index (κ1) is 18.3. The SMILES string of the molecule is CCn1nc(C)c(CN2C[C@H](c3ccc(F)cc3)[C@H]3[C@@H]2C2CCN3CC2)c1C. The predicted octanol–water partition coefficient (Wildman–Crippen LogP) is 3.72. The molecule has 4 aliphatic rings. The van der Waals surface area contributed by atoms with Gasteiger partial charge >= 0.3 is 0 Å². The van der Waals surface area contributed by atoms with Gasteiger partial charge in [0.05, 0.1) is 5.69 Å². The fraction of sp³-hybridized carbons (Fsp3) is 0.609. The maximum Gasteiger partial charge on any atom is 0.123 e. The van der Waals surface area contributed by atoms with Crippen LogP contribution in [0.25, 0.3) is 0 Å². The molecule has 4 fully saturated rings. The zero-order valence-corrected chi connectivity index (χ0v) is 17.2. The van der Waals surface area contributed by atoms with Crippen molar-refractivity contribution >= 4 is 0 Å². The van der Waals surface area contributed by atoms with Gasteiger partial charge in [-0.25, -0.2) is 4.39 Å². The number of aryl methyl sites for hydroxylation is 2. The minimum Gasteiger partial charge on any atom is -0.298 e. The molecular formula is C23H31FN4. The molecule has 5 heterocycles. The molecule has 0 aliphatic carbocycles. The number of hydrogen-bond donors (Lipinski definition) is 0. The maximum absolute atomic E-state index is 13.5. The zero-order chi connectivity index (χ0) is 19.4. The van der Waals surface area contributed by atoms with Crippen LogP contribution < -0.4 is 0 Å². The van der Waals surface area contributed by atoms with E-state index < -0.39 is 0 Å². The van der Waals surface area contributed by atoms with E-state index in [9.17, 15) is 4.39 Å². The van der Waals surface area contributed by atoms with Crippen molar-refractivity contribution in [3.63, 3.8) is 0 Å². The van der Waals surface area contributed by atoms with Gasteiger partial charge in [0.1, 0.15) is 5.82 Å². The van der Waals surface area contributed by atoms with Crippen molar-refractivity contribution in [3.8, 4) is 0 Å². The molecule has 6 rings (SSSR count). The van der Waals surface area contributed by atoms with Gasteiger partial charge < -0.3 is 0 Å². The molecule has 1 aromatic heterocycles. The molecule has 28 heavy (non-hydrogen) atoms. The normalized spacial score (nSPS) is 32.1. The first-order valence-corrected chi connectivity index (χ1v) is 10.8. The van der Waals surface area contributed by atoms with Crippen LogP contribution in [-0.4, -0.2) is 51.3 Å². The molecule has 0 radical (unpaired) electrons. The van der Waals surface area contributed by atoms with Gasteiger partial charge in [0, 0.05) is 48.9 Å². The minimum atomic E-state index is -0.140. The monoisotopic (exact) mass is 382 g/mol. The quantitative estimate of drug-likeness (QED) is 0.805. The van der Waals surface area contributed by atoms with Crippen LogP contribution in [0.15, 0.2) is 24.3 Å². The van der Waals surface area contributed by atoms with Crippen LogP contribution in [-0.2, 0) is 13.1 Å². The summed E-state index contributed by atoms with van der Waals surface area (Å²) in [5.41, 5.74) is 5.17. The number of hydrogen-bond acceptors (Lipinski definition) is 3. The van der Waals surface area contributed by atoms with Gasteiger partial charge in [0.2, 0.25) is 0 Å². The molecule has 0 N–H and O–H groups in total. The van der Waals surface area contributed by atoms with Crippen LogP contribution in [0.2, 0.25) is 0 Å². The molecule has 0 amide bonds. The Balaban J connectivity index is 1.48. The molecule has 0 saturated carbocycles. The maximum atomic E-state index is 13.5. The Kier molecular flexibility index (Phi) is 4.55. The number of halogens is 1. The summed E-state index contributed by atoms with van der Waals surface area (Å²) in [6.07, 6.45) is 2.64. The van der Waals surface area contributed by atoms with Crippen LogP contribution in [0.1, 0.15) is 48.2 Å². The van der Waals surface area contributed by atoms with Crippen molar-refractivity contribution in [2.24, 2.45) is 5.92 Å². The van der Waals surface area contributed by atoms with Gasteiger partial charge in [-0.1, -0.05) is 12.1 Å². The van der Waals surface area contributed by atoms with Crippen LogP contribution in [0.5, 0.6) is 0 Å². The number of fused-ring (bicyclic) bond motifs is 2. The van der Waals surface area contributed by atoms with E-state index >= 15 is 0 Å². The third kappa shape index (κ3) is 2.82. The summed E-state index contributed by atoms with van der Waals surface area (Å²) in [7, 11) is 0. The summed E-state index contributed by atoms with van der Waals surface area (Å²) in [6.45, 7) is 11.9. The highest BCUT2D eigenvalue weighted by Gasteiger charge is 2.53. The Morgan fingerprint density at radius 1 is 1.07 bits per heavy atom. The van der Waals surface area contributed by atoms with Gasteiger partial charge in [-0.05, 0) is 70.3 Å². The minimum absolute atomic E-state index is 0.140. The molecule has 4 aliphatic heterocycles. The third-order valence-corrected chi connectivity index (χ3v) is 7.58. The first-order chi connectivity index (χ1) is 13.6. The van der Waals surface area contributed by atoms with E-state index in [2.05, 4.69) is 35.3 Å². The summed E-state index contributed by atoms with van der Waals surface area (Å²) in [5, 5.41) is 4.75. The second kappa shape index (κ2) is 6.96. The molecule has 1 aromatic carbocycles. The summed E-state index contributed by atoms with van der Waals surface area (Å²) < 4.78 is 15.6. The molecule has 5 heteroatoms. The zero-order valence-electron chi connectivity index (χ0n) is 17.2. The van der Waals surface area contributed by atoms with Crippen molar-refractivity contribution in [1.82, 2.24) is 19.6 Å². The Labute approximate surface area is 167 Å². The van der Waals surface area contributed by atoms with Crippen LogP contribution in [0.3, 0.4) is 0 Å². The number of rotatable bonds is 4. The van der Waals surface area contributed by atoms with E-state index in [1.165, 1.54) is 48.4 Å². The lowest BCUT2D eigenvalue weighted by Gasteiger charge is -2.51. The number of aromatic nitrogens is 2. The van der Waals surface area contributed by atoms with E-state index in [-0.39, 0.29) is 5.82 Å². The summed E-state index contributed by atoms with van der Waals surface area (Å²) in [6, 6.07) is 8.46. The van der Waals surface area contributed by atoms with Crippen LogP contribution in [0, 0.1) is 25.6 Å². The highest BCUT2D eigenvalue weighted by Crippen LogP contribution is 2.47. The third-order valence-electron chi connectivity index (χ3n) is 7.58. The second-order valence-electron chi connectivity index (χ2n) is 8.91. The van der Waals surface area contributed by atoms with E-state index in [1.54, 1.807) is 12.1 Å². The fourth-order valence-electron chi connectivity index (χ4n) is 6.20. The number of likely N-dealkylation sites (tertiary alicyclic amines) is 1. The van der Waals surface area contributed by atoms with E-state index in [0.29, 0.717) is 18.0 Å². The van der Waals surface area contributed by atoms with Gasteiger partial charge in [0.25, 0.3) is 0 Å². The highest BCUT2D eigenvalue weighted by molar-refractivity contribution is 5.30. The summed E-state index contributed by atoms with van der Waals surface area (Å²) in [5.74, 6) is 1.12. The molecule has 150 valence electrons. The molecule has 4 saturated heterocycles. The smallest absolute Gasteiger partial charge is 0.123 e. The summed E-state index contributed by atoms with van der Waals surface area (Å²) in [4.78, 5) is 5.44. The van der Waals surface area contributed by atoms with Crippen molar-refractivity contribution in [2.75, 3.05) is 19.6 Å². The van der Waals surface area contributed by atoms with Crippen molar-refractivity contribution in [2.45, 2.75) is 64.7 Å². The van der Waals surface area contributed by atoms with Crippen molar-refractivity contribution < 1.29 is 4.39 Å². The Morgan fingerprint density at radius 2 is 1.79 bits per heavy atom. The lowest BCUT2D eigenvalue weighted by molar-refractivity contribution is -0.00878. The van der Waals surface area contributed by atoms with E-state index in [0.717, 1.165) is 25.6 Å². The summed E-state index contributed by atoms with van der Waals surface area (Å²) >= 11 is 0. The average molecular weight is 383 g/mol. The number of piperidine rings is 3. The van der Waals surface area contributed by atoms with Gasteiger partial charge in [-0.3, -0.25) is 14.5 Å². The largest absolute Gasteiger partial charge is 0.298 e. The van der Waals surface area contributed by atoms with E-state index in [4.69, 9.17) is 5.10 Å². The molecule has 0 unspecified atom stereocenters. The fourth-order valence-corrected chi connectivity index (χ4v) is 6.20. The average Bonchev–Trinajstić information content (AvgIpc) is 3.24. The Morgan fingerprint density at radius 3 is 2.43 bits per heavy atom. The van der Waals surface area contributed by atoms with Crippen LogP contribution >= 0.6 is 0 Å². The van der Waals surface area contributed by atoms with Gasteiger partial charge in [0.15, 0.2) is 0 Å². The van der Waals surface area contributed by atoms with E-state index in [1.807, 2.05) is 12.1 Å². The van der Waals surface area contributed by atoms with Crippen molar-refractivity contribution in [1.29, 1.82) is 0 Å². The molecule has 0 spiro atoms. The number of nitrogens with zero attached hydrogens (tertiary/aromatic N) is 4. The van der Waals surface area contributed by atoms with Crippen LogP contribution in [0.4, 0.5) is 4.39 Å². The highest BCUT2D eigenvalue weighted by atomic mass is 19.1.